The normalized spacial score (nSPS) is 26.8. The molecule has 0 unspecified atom stereocenters. The Labute approximate surface area is 151 Å². The molecule has 0 aromatic heterocycles. The van der Waals surface area contributed by atoms with Gasteiger partial charge in [0, 0.05) is 22.4 Å². The number of anilines is 1. The van der Waals surface area contributed by atoms with E-state index < -0.39 is 9.84 Å². The van der Waals surface area contributed by atoms with Crippen LogP contribution in [0.2, 0.25) is 5.02 Å². The molecule has 0 radical (unpaired) electrons. The Morgan fingerprint density at radius 1 is 1.42 bits per heavy atom. The van der Waals surface area contributed by atoms with Crippen LogP contribution in [0.1, 0.15) is 25.3 Å². The molecule has 1 aromatic carbocycles. The summed E-state index contributed by atoms with van der Waals surface area (Å²) in [4.78, 5) is 18.2. The fraction of sp³-hybridized carbons (Fsp3) is 0.500. The van der Waals surface area contributed by atoms with Crippen molar-refractivity contribution in [1.82, 2.24) is 0 Å². The Kier molecular flexibility index (Phi) is 4.95. The van der Waals surface area contributed by atoms with E-state index >= 15 is 0 Å². The molecule has 0 aliphatic carbocycles. The Bertz CT molecular complexity index is 808. The molecule has 1 amide bonds. The average molecular weight is 387 g/mol. The minimum absolute atomic E-state index is 0.0810. The van der Waals surface area contributed by atoms with Crippen molar-refractivity contribution in [3.8, 4) is 0 Å². The van der Waals surface area contributed by atoms with Gasteiger partial charge >= 0.3 is 0 Å². The summed E-state index contributed by atoms with van der Waals surface area (Å²) in [6.45, 7) is 3.82. The molecule has 2 aliphatic heterocycles. The number of carbonyl (C=O) groups is 1. The summed E-state index contributed by atoms with van der Waals surface area (Å²) in [5, 5.41) is 1.10. The van der Waals surface area contributed by atoms with Gasteiger partial charge in [0.2, 0.25) is 5.91 Å². The van der Waals surface area contributed by atoms with Crippen LogP contribution in [0.25, 0.3) is 0 Å². The van der Waals surface area contributed by atoms with E-state index in [-0.39, 0.29) is 28.7 Å². The third-order valence-electron chi connectivity index (χ3n) is 4.25. The summed E-state index contributed by atoms with van der Waals surface area (Å²) in [5.74, 6) is 0.0318. The molecule has 130 valence electrons. The van der Waals surface area contributed by atoms with Gasteiger partial charge in [0.05, 0.1) is 17.5 Å². The predicted molar refractivity (Wildman–Crippen MR) is 99.8 cm³/mol. The first-order valence-electron chi connectivity index (χ1n) is 7.85. The summed E-state index contributed by atoms with van der Waals surface area (Å²) in [6, 6.07) is 5.32. The van der Waals surface area contributed by atoms with Crippen LogP contribution >= 0.6 is 23.4 Å². The summed E-state index contributed by atoms with van der Waals surface area (Å²) in [6.07, 6.45) is 1.12. The molecule has 0 spiro atoms. The fourth-order valence-corrected chi connectivity index (χ4v) is 7.17. The van der Waals surface area contributed by atoms with Gasteiger partial charge in [0.25, 0.3) is 0 Å². The highest BCUT2D eigenvalue weighted by molar-refractivity contribution is 8.16. The highest BCUT2D eigenvalue weighted by atomic mass is 35.5. The zero-order valence-corrected chi connectivity index (χ0v) is 15.9. The van der Waals surface area contributed by atoms with E-state index in [1.54, 1.807) is 6.07 Å². The lowest BCUT2D eigenvalue weighted by atomic mass is 10.1. The van der Waals surface area contributed by atoms with Gasteiger partial charge in [-0.3, -0.25) is 4.79 Å². The Morgan fingerprint density at radius 3 is 2.88 bits per heavy atom. The van der Waals surface area contributed by atoms with Crippen LogP contribution in [-0.4, -0.2) is 42.3 Å². The largest absolute Gasteiger partial charge is 0.315 e. The standard InChI is InChI=1S/C16H19ClN2O3S2/c1-3-5-15(20)18-16-19(12-7-4-6-11(17)10(12)2)13-8-24(21,22)9-14(13)23-16/h4,6-7,13-14H,3,5,8-9H2,1-2H3/t13-,14-/m0/s1. The molecule has 0 N–H and O–H groups in total. The third-order valence-corrected chi connectivity index (χ3v) is 7.87. The van der Waals surface area contributed by atoms with Crippen molar-refractivity contribution in [2.24, 2.45) is 4.99 Å². The molecule has 2 heterocycles. The number of amidine groups is 1. The van der Waals surface area contributed by atoms with Crippen LogP contribution in [-0.2, 0) is 14.6 Å². The lowest BCUT2D eigenvalue weighted by Gasteiger charge is -2.26. The molecule has 24 heavy (non-hydrogen) atoms. The van der Waals surface area contributed by atoms with Gasteiger partial charge < -0.3 is 4.90 Å². The highest BCUT2D eigenvalue weighted by Crippen LogP contribution is 2.42. The van der Waals surface area contributed by atoms with Crippen LogP contribution in [0.15, 0.2) is 23.2 Å². The minimum atomic E-state index is -3.07. The zero-order chi connectivity index (χ0) is 17.5. The van der Waals surface area contributed by atoms with Crippen molar-refractivity contribution >= 4 is 50.0 Å². The molecular weight excluding hydrogens is 368 g/mol. The molecule has 2 fully saturated rings. The van der Waals surface area contributed by atoms with E-state index in [0.29, 0.717) is 16.6 Å². The number of nitrogens with zero attached hydrogens (tertiary/aromatic N) is 2. The smallest absolute Gasteiger partial charge is 0.248 e. The molecule has 0 saturated carbocycles. The maximum Gasteiger partial charge on any atom is 0.248 e. The van der Waals surface area contributed by atoms with Gasteiger partial charge in [-0.05, 0) is 31.0 Å². The SMILES string of the molecule is CCCC(=O)N=C1S[C@H]2CS(=O)(=O)C[C@@H]2N1c1cccc(Cl)c1C. The molecule has 2 atom stereocenters. The van der Waals surface area contributed by atoms with E-state index in [1.165, 1.54) is 11.8 Å². The monoisotopic (exact) mass is 386 g/mol. The van der Waals surface area contributed by atoms with Crippen LogP contribution in [0, 0.1) is 6.92 Å². The van der Waals surface area contributed by atoms with E-state index in [0.717, 1.165) is 17.7 Å². The number of carbonyl (C=O) groups excluding carboxylic acids is 1. The number of hydrogen-bond acceptors (Lipinski definition) is 4. The van der Waals surface area contributed by atoms with E-state index in [2.05, 4.69) is 4.99 Å². The Hall–Kier alpha value is -1.05. The van der Waals surface area contributed by atoms with Gasteiger partial charge in [0.1, 0.15) is 0 Å². The molecule has 0 bridgehead atoms. The van der Waals surface area contributed by atoms with Gasteiger partial charge in [-0.25, -0.2) is 8.42 Å². The van der Waals surface area contributed by atoms with Crippen molar-refractivity contribution in [2.75, 3.05) is 16.4 Å². The van der Waals surface area contributed by atoms with Crippen molar-refractivity contribution in [1.29, 1.82) is 0 Å². The molecule has 2 saturated heterocycles. The molecule has 8 heteroatoms. The number of hydrogen-bond donors (Lipinski definition) is 0. The summed E-state index contributed by atoms with van der Waals surface area (Å²) in [7, 11) is -3.07. The van der Waals surface area contributed by atoms with E-state index in [1.807, 2.05) is 30.9 Å². The third kappa shape index (κ3) is 3.34. The van der Waals surface area contributed by atoms with Crippen LogP contribution in [0.5, 0.6) is 0 Å². The average Bonchev–Trinajstić information content (AvgIpc) is 2.94. The molecule has 2 aliphatic rings. The van der Waals surface area contributed by atoms with Crippen molar-refractivity contribution < 1.29 is 13.2 Å². The molecular formula is C16H19ClN2O3S2. The number of thioether (sulfide) groups is 1. The van der Waals surface area contributed by atoms with Crippen molar-refractivity contribution in [2.45, 2.75) is 38.0 Å². The predicted octanol–water partition coefficient (Wildman–Crippen LogP) is 3.05. The van der Waals surface area contributed by atoms with Gasteiger partial charge in [-0.15, -0.1) is 0 Å². The topological polar surface area (TPSA) is 66.8 Å². The summed E-state index contributed by atoms with van der Waals surface area (Å²) in [5.41, 5.74) is 1.68. The lowest BCUT2D eigenvalue weighted by Crippen LogP contribution is -2.38. The minimum Gasteiger partial charge on any atom is -0.315 e. The number of halogens is 1. The number of benzene rings is 1. The lowest BCUT2D eigenvalue weighted by molar-refractivity contribution is -0.117. The fourth-order valence-electron chi connectivity index (χ4n) is 3.08. The van der Waals surface area contributed by atoms with Gasteiger partial charge in [-0.1, -0.05) is 36.4 Å². The number of sulfone groups is 1. The summed E-state index contributed by atoms with van der Waals surface area (Å²) < 4.78 is 24.1. The Morgan fingerprint density at radius 2 is 2.17 bits per heavy atom. The van der Waals surface area contributed by atoms with E-state index in [4.69, 9.17) is 11.6 Å². The second-order valence-electron chi connectivity index (χ2n) is 6.09. The second-order valence-corrected chi connectivity index (χ2v) is 9.86. The number of aliphatic imine (C=N–C) groups is 1. The van der Waals surface area contributed by atoms with Crippen molar-refractivity contribution in [3.63, 3.8) is 0 Å². The number of fused-ring (bicyclic) bond motifs is 1. The summed E-state index contributed by atoms with van der Waals surface area (Å²) >= 11 is 7.62. The molecule has 1 aromatic rings. The highest BCUT2D eigenvalue weighted by Gasteiger charge is 2.49. The Balaban J connectivity index is 2.05. The van der Waals surface area contributed by atoms with Gasteiger partial charge in [0.15, 0.2) is 15.0 Å². The van der Waals surface area contributed by atoms with Crippen LogP contribution < -0.4 is 4.90 Å². The van der Waals surface area contributed by atoms with Crippen LogP contribution in [0.4, 0.5) is 5.69 Å². The maximum atomic E-state index is 12.0. The molecule has 3 rings (SSSR count). The first-order chi connectivity index (χ1) is 11.3. The zero-order valence-electron chi connectivity index (χ0n) is 13.5. The number of amides is 1. The first-order valence-corrected chi connectivity index (χ1v) is 10.9. The van der Waals surface area contributed by atoms with Gasteiger partial charge in [-0.2, -0.15) is 4.99 Å². The van der Waals surface area contributed by atoms with E-state index in [9.17, 15) is 13.2 Å². The van der Waals surface area contributed by atoms with Crippen LogP contribution in [0.3, 0.4) is 0 Å². The van der Waals surface area contributed by atoms with Crippen molar-refractivity contribution in [3.05, 3.63) is 28.8 Å². The second kappa shape index (κ2) is 6.69. The first kappa shape index (κ1) is 17.8. The molecule has 5 nitrogen and oxygen atoms in total. The maximum absolute atomic E-state index is 12.0. The number of rotatable bonds is 3. The quantitative estimate of drug-likeness (QED) is 0.798.